The molecule has 2 aromatic carbocycles. The molecule has 1 N–H and O–H groups in total. The Morgan fingerprint density at radius 2 is 1.82 bits per heavy atom. The van der Waals surface area contributed by atoms with E-state index in [1.807, 2.05) is 11.8 Å². The van der Waals surface area contributed by atoms with Crippen LogP contribution in [-0.2, 0) is 11.2 Å². The van der Waals surface area contributed by atoms with Crippen molar-refractivity contribution in [1.82, 2.24) is 0 Å². The van der Waals surface area contributed by atoms with Crippen molar-refractivity contribution in [2.24, 2.45) is 0 Å². The van der Waals surface area contributed by atoms with Gasteiger partial charge >= 0.3 is 5.97 Å². The number of aryl methyl sites for hydroxylation is 3. The maximum atomic E-state index is 11.5. The van der Waals surface area contributed by atoms with E-state index in [0.717, 1.165) is 34.0 Å². The maximum Gasteiger partial charge on any atom is 0.323 e. The summed E-state index contributed by atoms with van der Waals surface area (Å²) in [6.07, 6.45) is 6.25. The Hall–Kier alpha value is -2.46. The second-order valence-electron chi connectivity index (χ2n) is 7.16. The summed E-state index contributed by atoms with van der Waals surface area (Å²) in [7, 11) is 0. The Kier molecular flexibility index (Phi) is 6.30. The van der Waals surface area contributed by atoms with Crippen molar-refractivity contribution < 1.29 is 9.90 Å². The number of thioether (sulfide) groups is 1. The van der Waals surface area contributed by atoms with E-state index in [1.54, 1.807) is 11.8 Å². The standard InChI is InChI=1S/C24H27NO2S/c1-5-18(13-20-9-7-16(3)11-19(20)6-2)14-23-25(15-24(26)27)21-12-17(4)8-10-22(21)28-23/h7-14H,5-6,15H2,1-4H3,(H,26,27). The first-order valence-electron chi connectivity index (χ1n) is 9.71. The molecule has 0 aliphatic carbocycles. The maximum absolute atomic E-state index is 11.5. The van der Waals surface area contributed by atoms with E-state index in [9.17, 15) is 9.90 Å². The number of carboxylic acid groups (broad SMARTS) is 1. The van der Waals surface area contributed by atoms with Crippen LogP contribution in [0.5, 0.6) is 0 Å². The lowest BCUT2D eigenvalue weighted by Crippen LogP contribution is -2.25. The Balaban J connectivity index is 2.01. The molecule has 0 fully saturated rings. The van der Waals surface area contributed by atoms with E-state index < -0.39 is 5.97 Å². The number of hydrogen-bond donors (Lipinski definition) is 1. The van der Waals surface area contributed by atoms with Gasteiger partial charge < -0.3 is 10.0 Å². The highest BCUT2D eigenvalue weighted by Crippen LogP contribution is 2.46. The van der Waals surface area contributed by atoms with Gasteiger partial charge in [0.05, 0.1) is 10.7 Å². The van der Waals surface area contributed by atoms with Gasteiger partial charge in [-0.1, -0.05) is 61.5 Å². The van der Waals surface area contributed by atoms with Gasteiger partial charge in [0.25, 0.3) is 0 Å². The monoisotopic (exact) mass is 393 g/mol. The van der Waals surface area contributed by atoms with Gasteiger partial charge in [-0.3, -0.25) is 4.79 Å². The minimum Gasteiger partial charge on any atom is -0.480 e. The molecule has 2 aromatic rings. The van der Waals surface area contributed by atoms with Crippen molar-refractivity contribution in [3.05, 3.63) is 75.3 Å². The molecule has 0 saturated carbocycles. The lowest BCUT2D eigenvalue weighted by molar-refractivity contribution is -0.135. The number of carbonyl (C=O) groups is 1. The summed E-state index contributed by atoms with van der Waals surface area (Å²) in [6.45, 7) is 8.44. The number of rotatable bonds is 6. The van der Waals surface area contributed by atoms with Crippen molar-refractivity contribution in [2.45, 2.75) is 45.4 Å². The molecule has 3 rings (SSSR count). The molecule has 0 radical (unpaired) electrons. The van der Waals surface area contributed by atoms with E-state index in [-0.39, 0.29) is 6.54 Å². The van der Waals surface area contributed by atoms with Gasteiger partial charge in [0, 0.05) is 4.90 Å². The van der Waals surface area contributed by atoms with E-state index in [2.05, 4.69) is 69.3 Å². The van der Waals surface area contributed by atoms with Crippen molar-refractivity contribution in [1.29, 1.82) is 0 Å². The Labute approximate surface area is 171 Å². The van der Waals surface area contributed by atoms with E-state index >= 15 is 0 Å². The summed E-state index contributed by atoms with van der Waals surface area (Å²) < 4.78 is 0. The smallest absolute Gasteiger partial charge is 0.323 e. The Morgan fingerprint density at radius 1 is 1.11 bits per heavy atom. The van der Waals surface area contributed by atoms with Crippen LogP contribution in [0.4, 0.5) is 5.69 Å². The van der Waals surface area contributed by atoms with Crippen molar-refractivity contribution >= 4 is 29.5 Å². The zero-order valence-electron chi connectivity index (χ0n) is 17.0. The number of nitrogens with zero attached hydrogens (tertiary/aromatic N) is 1. The third kappa shape index (κ3) is 4.50. The van der Waals surface area contributed by atoms with Crippen LogP contribution < -0.4 is 4.90 Å². The average Bonchev–Trinajstić information content (AvgIpc) is 2.98. The van der Waals surface area contributed by atoms with Crippen LogP contribution in [0.2, 0.25) is 0 Å². The van der Waals surface area contributed by atoms with Crippen molar-refractivity contribution in [2.75, 3.05) is 11.4 Å². The Morgan fingerprint density at radius 3 is 2.50 bits per heavy atom. The van der Waals surface area contributed by atoms with Gasteiger partial charge in [0.2, 0.25) is 0 Å². The zero-order valence-corrected chi connectivity index (χ0v) is 17.8. The van der Waals surface area contributed by atoms with Crippen LogP contribution in [0.15, 0.2) is 58.0 Å². The normalized spacial score (nSPS) is 15.2. The SMILES string of the molecule is CCC(=Cc1ccc(C)cc1CC)C=C1Sc2ccc(C)cc2N1CC(=O)O. The second-order valence-corrected chi connectivity index (χ2v) is 8.23. The fourth-order valence-electron chi connectivity index (χ4n) is 3.40. The highest BCUT2D eigenvalue weighted by atomic mass is 32.2. The van der Waals surface area contributed by atoms with Gasteiger partial charge in [0.1, 0.15) is 6.54 Å². The minimum absolute atomic E-state index is 0.0307. The first-order chi connectivity index (χ1) is 13.4. The molecule has 0 aromatic heterocycles. The van der Waals surface area contributed by atoms with Gasteiger partial charge in [-0.05, 0) is 67.2 Å². The van der Waals surface area contributed by atoms with Crippen LogP contribution in [0.25, 0.3) is 6.08 Å². The summed E-state index contributed by atoms with van der Waals surface area (Å²) in [6, 6.07) is 12.8. The number of aliphatic carboxylic acids is 1. The number of carboxylic acids is 1. The predicted octanol–water partition coefficient (Wildman–Crippen LogP) is 6.20. The lowest BCUT2D eigenvalue weighted by Gasteiger charge is -2.19. The molecule has 0 unspecified atom stereocenters. The quantitative estimate of drug-likeness (QED) is 0.634. The summed E-state index contributed by atoms with van der Waals surface area (Å²) >= 11 is 1.64. The highest BCUT2D eigenvalue weighted by molar-refractivity contribution is 8.03. The van der Waals surface area contributed by atoms with E-state index in [0.29, 0.717) is 0 Å². The number of anilines is 1. The van der Waals surface area contributed by atoms with Crippen molar-refractivity contribution in [3.8, 4) is 0 Å². The third-order valence-corrected chi connectivity index (χ3v) is 6.03. The summed E-state index contributed by atoms with van der Waals surface area (Å²) in [5.41, 5.74) is 7.16. The van der Waals surface area contributed by atoms with Crippen LogP contribution >= 0.6 is 11.8 Å². The minimum atomic E-state index is -0.824. The molecule has 0 bridgehead atoms. The molecule has 1 aliphatic rings. The molecule has 0 amide bonds. The van der Waals surface area contributed by atoms with Crippen molar-refractivity contribution in [3.63, 3.8) is 0 Å². The molecule has 0 saturated heterocycles. The van der Waals surface area contributed by atoms with Crippen LogP contribution in [0.3, 0.4) is 0 Å². The first-order valence-corrected chi connectivity index (χ1v) is 10.5. The van der Waals surface area contributed by atoms with Crippen LogP contribution in [0.1, 0.15) is 42.5 Å². The number of benzene rings is 2. The lowest BCUT2D eigenvalue weighted by atomic mass is 9.99. The van der Waals surface area contributed by atoms with Gasteiger partial charge in [0.15, 0.2) is 0 Å². The summed E-state index contributed by atoms with van der Waals surface area (Å²) in [5, 5.41) is 10.4. The number of allylic oxidation sites excluding steroid dienone is 2. The Bertz CT molecular complexity index is 959. The van der Waals surface area contributed by atoms with E-state index in [4.69, 9.17) is 0 Å². The molecule has 28 heavy (non-hydrogen) atoms. The highest BCUT2D eigenvalue weighted by Gasteiger charge is 2.27. The van der Waals surface area contributed by atoms with Gasteiger partial charge in [-0.2, -0.15) is 0 Å². The molecule has 3 nitrogen and oxygen atoms in total. The summed E-state index contributed by atoms with van der Waals surface area (Å²) in [4.78, 5) is 14.5. The molecule has 1 aliphatic heterocycles. The molecular formula is C24H27NO2S. The number of fused-ring (bicyclic) bond motifs is 1. The number of hydrogen-bond acceptors (Lipinski definition) is 3. The molecular weight excluding hydrogens is 366 g/mol. The van der Waals surface area contributed by atoms with Gasteiger partial charge in [-0.25, -0.2) is 0 Å². The molecule has 0 spiro atoms. The predicted molar refractivity (Wildman–Crippen MR) is 119 cm³/mol. The van der Waals surface area contributed by atoms with E-state index in [1.165, 1.54) is 22.3 Å². The molecule has 0 atom stereocenters. The van der Waals surface area contributed by atoms with Gasteiger partial charge in [-0.15, -0.1) is 0 Å². The van der Waals surface area contributed by atoms with Crippen LogP contribution in [-0.4, -0.2) is 17.6 Å². The zero-order chi connectivity index (χ0) is 20.3. The molecule has 1 heterocycles. The first kappa shape index (κ1) is 20.3. The largest absolute Gasteiger partial charge is 0.480 e. The van der Waals surface area contributed by atoms with Crippen LogP contribution in [0, 0.1) is 13.8 Å². The topological polar surface area (TPSA) is 40.5 Å². The molecule has 4 heteroatoms. The third-order valence-electron chi connectivity index (χ3n) is 4.92. The average molecular weight is 394 g/mol. The fraction of sp³-hybridized carbons (Fsp3) is 0.292. The fourth-order valence-corrected chi connectivity index (χ4v) is 4.52. The second kappa shape index (κ2) is 8.70. The summed E-state index contributed by atoms with van der Waals surface area (Å²) in [5.74, 6) is -0.824. The molecule has 146 valence electrons.